The van der Waals surface area contributed by atoms with Gasteiger partial charge < -0.3 is 5.32 Å². The van der Waals surface area contributed by atoms with Gasteiger partial charge in [-0.2, -0.15) is 5.10 Å². The predicted molar refractivity (Wildman–Crippen MR) is 77.4 cm³/mol. The molecule has 3 aromatic heterocycles. The summed E-state index contributed by atoms with van der Waals surface area (Å²) >= 11 is 1.58. The molecule has 20 heavy (non-hydrogen) atoms. The zero-order valence-electron chi connectivity index (χ0n) is 11.1. The number of fused-ring (bicyclic) bond motifs is 1. The van der Waals surface area contributed by atoms with E-state index in [0.29, 0.717) is 5.75 Å². The third-order valence-electron chi connectivity index (χ3n) is 2.78. The van der Waals surface area contributed by atoms with Crippen LogP contribution >= 0.6 is 11.8 Å². The summed E-state index contributed by atoms with van der Waals surface area (Å²) in [7, 11) is 3.71. The molecule has 0 fully saturated rings. The van der Waals surface area contributed by atoms with E-state index in [1.54, 1.807) is 28.8 Å². The highest BCUT2D eigenvalue weighted by molar-refractivity contribution is 7.98. The maximum Gasteiger partial charge on any atom is 0.163 e. The van der Waals surface area contributed by atoms with Crippen LogP contribution in [-0.4, -0.2) is 36.8 Å². The summed E-state index contributed by atoms with van der Waals surface area (Å²) < 4.78 is 1.75. The normalized spacial score (nSPS) is 10.9. The summed E-state index contributed by atoms with van der Waals surface area (Å²) in [6.45, 7) is 0. The molecule has 0 unspecified atom stereocenters. The fraction of sp³-hybridized carbons (Fsp3) is 0.250. The van der Waals surface area contributed by atoms with Crippen LogP contribution in [-0.2, 0) is 12.8 Å². The molecule has 0 aliphatic rings. The second kappa shape index (κ2) is 5.41. The van der Waals surface area contributed by atoms with E-state index in [4.69, 9.17) is 0 Å². The summed E-state index contributed by atoms with van der Waals surface area (Å²) in [6.07, 6.45) is 5.02. The summed E-state index contributed by atoms with van der Waals surface area (Å²) in [4.78, 5) is 17.1. The number of nitrogens with zero attached hydrogens (tertiary/aromatic N) is 6. The van der Waals surface area contributed by atoms with Gasteiger partial charge in [-0.15, -0.1) is 0 Å². The van der Waals surface area contributed by atoms with E-state index in [1.807, 2.05) is 20.2 Å². The number of rotatable bonds is 4. The Morgan fingerprint density at radius 2 is 2.25 bits per heavy atom. The lowest BCUT2D eigenvalue weighted by atomic mass is 10.4. The standard InChI is InChI=1S/C12H13N7S/c1-13-11-8-5-16-19(2)12(8)18-9(17-11)6-20-10-3-4-14-7-15-10/h3-5,7H,6H2,1-2H3,(H,13,17,18). The van der Waals surface area contributed by atoms with Gasteiger partial charge in [-0.1, -0.05) is 11.8 Å². The third kappa shape index (κ3) is 2.42. The smallest absolute Gasteiger partial charge is 0.163 e. The first-order valence-corrected chi connectivity index (χ1v) is 7.01. The molecule has 0 radical (unpaired) electrons. The number of aromatic nitrogens is 6. The van der Waals surface area contributed by atoms with Crippen LogP contribution in [0.2, 0.25) is 0 Å². The van der Waals surface area contributed by atoms with Crippen molar-refractivity contribution in [3.05, 3.63) is 30.6 Å². The molecule has 3 aromatic rings. The second-order valence-corrected chi connectivity index (χ2v) is 5.08. The van der Waals surface area contributed by atoms with E-state index in [2.05, 4.69) is 30.4 Å². The van der Waals surface area contributed by atoms with Crippen LogP contribution in [0.15, 0.2) is 29.8 Å². The molecule has 0 spiro atoms. The number of hydrogen-bond donors (Lipinski definition) is 1. The minimum atomic E-state index is 0.646. The Labute approximate surface area is 119 Å². The van der Waals surface area contributed by atoms with Gasteiger partial charge in [0.1, 0.15) is 18.0 Å². The van der Waals surface area contributed by atoms with Crippen LogP contribution in [0, 0.1) is 0 Å². The van der Waals surface area contributed by atoms with Gasteiger partial charge in [-0.05, 0) is 6.07 Å². The SMILES string of the molecule is CNc1nc(CSc2ccncn2)nc2c1cnn2C. The summed E-state index contributed by atoms with van der Waals surface area (Å²) in [6, 6.07) is 1.87. The third-order valence-corrected chi connectivity index (χ3v) is 3.72. The zero-order chi connectivity index (χ0) is 13.9. The number of nitrogens with one attached hydrogen (secondary N) is 1. The van der Waals surface area contributed by atoms with Crippen molar-refractivity contribution in [2.75, 3.05) is 12.4 Å². The van der Waals surface area contributed by atoms with Crippen LogP contribution in [0.4, 0.5) is 5.82 Å². The number of anilines is 1. The van der Waals surface area contributed by atoms with Crippen molar-refractivity contribution in [1.29, 1.82) is 0 Å². The average Bonchev–Trinajstić information content (AvgIpc) is 2.87. The highest BCUT2D eigenvalue weighted by Gasteiger charge is 2.10. The Bertz CT molecular complexity index is 725. The maximum absolute atomic E-state index is 4.54. The lowest BCUT2D eigenvalue weighted by Crippen LogP contribution is -2.02. The molecule has 0 atom stereocenters. The van der Waals surface area contributed by atoms with Gasteiger partial charge in [0.25, 0.3) is 0 Å². The molecule has 0 saturated carbocycles. The van der Waals surface area contributed by atoms with Gasteiger partial charge in [0.15, 0.2) is 5.65 Å². The van der Waals surface area contributed by atoms with Crippen molar-refractivity contribution in [2.45, 2.75) is 10.8 Å². The lowest BCUT2D eigenvalue weighted by molar-refractivity contribution is 0.782. The molecule has 0 aromatic carbocycles. The van der Waals surface area contributed by atoms with Crippen molar-refractivity contribution in [3.63, 3.8) is 0 Å². The molecular formula is C12H13N7S. The van der Waals surface area contributed by atoms with E-state index in [0.717, 1.165) is 27.7 Å². The largest absolute Gasteiger partial charge is 0.372 e. The van der Waals surface area contributed by atoms with Crippen LogP contribution in [0.3, 0.4) is 0 Å². The van der Waals surface area contributed by atoms with E-state index in [-0.39, 0.29) is 0 Å². The van der Waals surface area contributed by atoms with Crippen molar-refractivity contribution in [1.82, 2.24) is 29.7 Å². The lowest BCUT2D eigenvalue weighted by Gasteiger charge is -2.05. The van der Waals surface area contributed by atoms with Gasteiger partial charge in [0.05, 0.1) is 22.4 Å². The second-order valence-electron chi connectivity index (χ2n) is 4.08. The van der Waals surface area contributed by atoms with Crippen molar-refractivity contribution < 1.29 is 0 Å². The molecule has 0 bridgehead atoms. The molecule has 3 rings (SSSR count). The quantitative estimate of drug-likeness (QED) is 0.575. The predicted octanol–water partition coefficient (Wildman–Crippen LogP) is 1.49. The number of aryl methyl sites for hydroxylation is 1. The Balaban J connectivity index is 1.89. The molecule has 0 amide bonds. The van der Waals surface area contributed by atoms with Crippen LogP contribution < -0.4 is 5.32 Å². The van der Waals surface area contributed by atoms with Gasteiger partial charge in [-0.25, -0.2) is 19.9 Å². The fourth-order valence-electron chi connectivity index (χ4n) is 1.82. The Morgan fingerprint density at radius 3 is 3.00 bits per heavy atom. The highest BCUT2D eigenvalue weighted by atomic mass is 32.2. The van der Waals surface area contributed by atoms with Crippen molar-refractivity contribution in [3.8, 4) is 0 Å². The van der Waals surface area contributed by atoms with Gasteiger partial charge in [0.2, 0.25) is 0 Å². The zero-order valence-corrected chi connectivity index (χ0v) is 11.9. The van der Waals surface area contributed by atoms with Crippen LogP contribution in [0.25, 0.3) is 11.0 Å². The first-order valence-electron chi connectivity index (χ1n) is 6.03. The molecule has 0 saturated heterocycles. The monoisotopic (exact) mass is 287 g/mol. The molecule has 0 aliphatic carbocycles. The number of thioether (sulfide) groups is 1. The summed E-state index contributed by atoms with van der Waals surface area (Å²) in [5.74, 6) is 2.18. The summed E-state index contributed by atoms with van der Waals surface area (Å²) in [5, 5.41) is 9.12. The first-order chi connectivity index (χ1) is 9.78. The maximum atomic E-state index is 4.54. The molecular weight excluding hydrogens is 274 g/mol. The van der Waals surface area contributed by atoms with Crippen molar-refractivity contribution >= 4 is 28.6 Å². The van der Waals surface area contributed by atoms with E-state index < -0.39 is 0 Å². The van der Waals surface area contributed by atoms with Crippen LogP contribution in [0.1, 0.15) is 5.82 Å². The Kier molecular flexibility index (Phi) is 3.46. The Morgan fingerprint density at radius 1 is 1.35 bits per heavy atom. The molecule has 3 heterocycles. The molecule has 102 valence electrons. The first kappa shape index (κ1) is 12.8. The van der Waals surface area contributed by atoms with Gasteiger partial charge >= 0.3 is 0 Å². The van der Waals surface area contributed by atoms with Crippen molar-refractivity contribution in [2.24, 2.45) is 7.05 Å². The van der Waals surface area contributed by atoms with E-state index in [1.165, 1.54) is 6.33 Å². The molecule has 7 nitrogen and oxygen atoms in total. The number of hydrogen-bond acceptors (Lipinski definition) is 7. The fourth-order valence-corrected chi connectivity index (χ4v) is 2.51. The minimum absolute atomic E-state index is 0.646. The van der Waals surface area contributed by atoms with E-state index >= 15 is 0 Å². The molecule has 8 heteroatoms. The van der Waals surface area contributed by atoms with E-state index in [9.17, 15) is 0 Å². The molecule has 0 aliphatic heterocycles. The minimum Gasteiger partial charge on any atom is -0.372 e. The molecule has 1 N–H and O–H groups in total. The highest BCUT2D eigenvalue weighted by Crippen LogP contribution is 2.23. The van der Waals surface area contributed by atoms with Gasteiger partial charge in [-0.3, -0.25) is 4.68 Å². The summed E-state index contributed by atoms with van der Waals surface area (Å²) in [5.41, 5.74) is 0.822. The average molecular weight is 287 g/mol. The van der Waals surface area contributed by atoms with Gasteiger partial charge in [0, 0.05) is 20.3 Å². The Hall–Kier alpha value is -2.22. The topological polar surface area (TPSA) is 81.4 Å². The van der Waals surface area contributed by atoms with Crippen LogP contribution in [0.5, 0.6) is 0 Å².